The van der Waals surface area contributed by atoms with E-state index in [9.17, 15) is 10.1 Å². The standard InChI is InChI=1S/C13H10N4O3S/c18-17(19)10-4-1-3-9(7-10)8-14-13-16-15-12(20-13)11-5-2-6-21-11/h1-7H,8H2,(H,14,16). The molecule has 0 amide bonds. The molecule has 0 aliphatic heterocycles. The Kier molecular flexibility index (Phi) is 3.61. The molecule has 0 radical (unpaired) electrons. The van der Waals surface area contributed by atoms with Crippen LogP contribution in [0.2, 0.25) is 0 Å². The highest BCUT2D eigenvalue weighted by atomic mass is 32.1. The van der Waals surface area contributed by atoms with Gasteiger partial charge in [-0.2, -0.15) is 0 Å². The van der Waals surface area contributed by atoms with E-state index < -0.39 is 4.92 Å². The number of anilines is 1. The molecule has 7 nitrogen and oxygen atoms in total. The average molecular weight is 302 g/mol. The topological polar surface area (TPSA) is 94.1 Å². The van der Waals surface area contributed by atoms with Crippen LogP contribution >= 0.6 is 11.3 Å². The first-order chi connectivity index (χ1) is 10.2. The summed E-state index contributed by atoms with van der Waals surface area (Å²) in [4.78, 5) is 11.2. The third-order valence-corrected chi connectivity index (χ3v) is 3.58. The second-order valence-electron chi connectivity index (χ2n) is 4.17. The van der Waals surface area contributed by atoms with Gasteiger partial charge in [0.2, 0.25) is 0 Å². The van der Waals surface area contributed by atoms with Crippen LogP contribution in [0, 0.1) is 10.1 Å². The van der Waals surface area contributed by atoms with Gasteiger partial charge in [-0.25, -0.2) is 0 Å². The molecular weight excluding hydrogens is 292 g/mol. The van der Waals surface area contributed by atoms with Crippen LogP contribution in [0.3, 0.4) is 0 Å². The zero-order valence-corrected chi connectivity index (χ0v) is 11.5. The number of hydrogen-bond acceptors (Lipinski definition) is 7. The first-order valence-electron chi connectivity index (χ1n) is 6.07. The van der Waals surface area contributed by atoms with Crippen molar-refractivity contribution >= 4 is 23.0 Å². The van der Waals surface area contributed by atoms with Crippen molar-refractivity contribution in [3.63, 3.8) is 0 Å². The second-order valence-corrected chi connectivity index (χ2v) is 5.12. The fourth-order valence-electron chi connectivity index (χ4n) is 1.75. The van der Waals surface area contributed by atoms with Crippen LogP contribution in [-0.4, -0.2) is 15.1 Å². The van der Waals surface area contributed by atoms with Crippen molar-refractivity contribution in [2.24, 2.45) is 0 Å². The van der Waals surface area contributed by atoms with E-state index in [1.165, 1.54) is 23.5 Å². The van der Waals surface area contributed by atoms with E-state index in [1.807, 2.05) is 17.5 Å². The van der Waals surface area contributed by atoms with E-state index in [4.69, 9.17) is 4.42 Å². The van der Waals surface area contributed by atoms with Crippen LogP contribution in [0.25, 0.3) is 10.8 Å². The zero-order chi connectivity index (χ0) is 14.7. The predicted octanol–water partition coefficient (Wildman–Crippen LogP) is 3.32. The molecule has 0 spiro atoms. The lowest BCUT2D eigenvalue weighted by atomic mass is 10.2. The zero-order valence-electron chi connectivity index (χ0n) is 10.7. The van der Waals surface area contributed by atoms with Gasteiger partial charge >= 0.3 is 6.01 Å². The Morgan fingerprint density at radius 2 is 2.19 bits per heavy atom. The van der Waals surface area contributed by atoms with Gasteiger partial charge in [0.1, 0.15) is 0 Å². The first kappa shape index (κ1) is 13.3. The fraction of sp³-hybridized carbons (Fsp3) is 0.0769. The summed E-state index contributed by atoms with van der Waals surface area (Å²) in [7, 11) is 0. The maximum atomic E-state index is 10.7. The van der Waals surface area contributed by atoms with Gasteiger partial charge in [-0.05, 0) is 17.0 Å². The Labute approximate surface area is 123 Å². The molecule has 2 aromatic heterocycles. The first-order valence-corrected chi connectivity index (χ1v) is 6.95. The summed E-state index contributed by atoms with van der Waals surface area (Å²) < 4.78 is 5.47. The molecule has 106 valence electrons. The average Bonchev–Trinajstić information content (AvgIpc) is 3.16. The SMILES string of the molecule is O=[N+]([O-])c1cccc(CNc2nnc(-c3cccs3)o2)c1. The maximum Gasteiger partial charge on any atom is 0.316 e. The van der Waals surface area contributed by atoms with Gasteiger partial charge in [0.15, 0.2) is 0 Å². The molecule has 0 bridgehead atoms. The molecule has 1 aromatic carbocycles. The van der Waals surface area contributed by atoms with Gasteiger partial charge in [-0.15, -0.1) is 16.4 Å². The number of benzene rings is 1. The van der Waals surface area contributed by atoms with E-state index in [2.05, 4.69) is 15.5 Å². The van der Waals surface area contributed by atoms with Gasteiger partial charge in [-0.1, -0.05) is 23.3 Å². The molecule has 3 rings (SSSR count). The summed E-state index contributed by atoms with van der Waals surface area (Å²) in [6.07, 6.45) is 0. The number of nitrogens with zero attached hydrogens (tertiary/aromatic N) is 3. The highest BCUT2D eigenvalue weighted by molar-refractivity contribution is 7.13. The van der Waals surface area contributed by atoms with E-state index in [0.29, 0.717) is 12.4 Å². The lowest BCUT2D eigenvalue weighted by molar-refractivity contribution is -0.384. The van der Waals surface area contributed by atoms with Crippen LogP contribution in [0.1, 0.15) is 5.56 Å². The summed E-state index contributed by atoms with van der Waals surface area (Å²) in [5, 5.41) is 23.4. The summed E-state index contributed by atoms with van der Waals surface area (Å²) in [6.45, 7) is 0.369. The van der Waals surface area contributed by atoms with Crippen molar-refractivity contribution in [1.82, 2.24) is 10.2 Å². The summed E-state index contributed by atoms with van der Waals surface area (Å²) in [6, 6.07) is 10.5. The van der Waals surface area contributed by atoms with Gasteiger partial charge in [0, 0.05) is 18.7 Å². The Bertz CT molecular complexity index is 754. The summed E-state index contributed by atoms with van der Waals surface area (Å²) in [5.41, 5.74) is 0.819. The summed E-state index contributed by atoms with van der Waals surface area (Å²) in [5.74, 6) is 0.451. The van der Waals surface area contributed by atoms with Crippen molar-refractivity contribution in [2.75, 3.05) is 5.32 Å². The fourth-order valence-corrected chi connectivity index (χ4v) is 2.40. The van der Waals surface area contributed by atoms with Crippen LogP contribution in [0.4, 0.5) is 11.7 Å². The molecule has 3 aromatic rings. The molecule has 0 aliphatic rings. The van der Waals surface area contributed by atoms with Crippen molar-refractivity contribution in [3.05, 3.63) is 57.5 Å². The number of non-ortho nitro benzene ring substituents is 1. The number of nitro groups is 1. The van der Waals surface area contributed by atoms with Gasteiger partial charge in [0.05, 0.1) is 9.80 Å². The smallest absolute Gasteiger partial charge is 0.316 e. The molecule has 2 heterocycles. The minimum Gasteiger partial charge on any atom is -0.403 e. The Balaban J connectivity index is 1.68. The highest BCUT2D eigenvalue weighted by Crippen LogP contribution is 2.24. The minimum absolute atomic E-state index is 0.0547. The van der Waals surface area contributed by atoms with Crippen LogP contribution in [0.15, 0.2) is 46.2 Å². The molecule has 8 heteroatoms. The number of nitro benzene ring substituents is 1. The molecule has 0 saturated heterocycles. The van der Waals surface area contributed by atoms with Crippen molar-refractivity contribution in [3.8, 4) is 10.8 Å². The molecule has 21 heavy (non-hydrogen) atoms. The second kappa shape index (κ2) is 5.71. The van der Waals surface area contributed by atoms with E-state index in [-0.39, 0.29) is 11.7 Å². The minimum atomic E-state index is -0.426. The molecule has 1 N–H and O–H groups in total. The predicted molar refractivity (Wildman–Crippen MR) is 78.0 cm³/mol. The number of thiophene rings is 1. The van der Waals surface area contributed by atoms with Crippen molar-refractivity contribution < 1.29 is 9.34 Å². The molecule has 0 unspecified atom stereocenters. The number of aromatic nitrogens is 2. The Hall–Kier alpha value is -2.74. The van der Waals surface area contributed by atoms with E-state index >= 15 is 0 Å². The third kappa shape index (κ3) is 3.06. The van der Waals surface area contributed by atoms with Gasteiger partial charge < -0.3 is 9.73 Å². The molecular formula is C13H10N4O3S. The number of rotatable bonds is 5. The Morgan fingerprint density at radius 3 is 2.95 bits per heavy atom. The largest absolute Gasteiger partial charge is 0.403 e. The van der Waals surface area contributed by atoms with E-state index in [0.717, 1.165) is 10.4 Å². The van der Waals surface area contributed by atoms with Gasteiger partial charge in [0.25, 0.3) is 11.6 Å². The van der Waals surface area contributed by atoms with Crippen molar-refractivity contribution in [2.45, 2.75) is 6.54 Å². The van der Waals surface area contributed by atoms with Gasteiger partial charge in [-0.3, -0.25) is 10.1 Å². The Morgan fingerprint density at radius 1 is 1.29 bits per heavy atom. The number of hydrogen-bond donors (Lipinski definition) is 1. The van der Waals surface area contributed by atoms with E-state index in [1.54, 1.807) is 12.1 Å². The van der Waals surface area contributed by atoms with Crippen LogP contribution in [0.5, 0.6) is 0 Å². The quantitative estimate of drug-likeness (QED) is 0.574. The van der Waals surface area contributed by atoms with Crippen molar-refractivity contribution in [1.29, 1.82) is 0 Å². The lowest BCUT2D eigenvalue weighted by Crippen LogP contribution is -2.00. The monoisotopic (exact) mass is 302 g/mol. The third-order valence-electron chi connectivity index (χ3n) is 2.72. The molecule has 0 saturated carbocycles. The molecule has 0 fully saturated rings. The normalized spacial score (nSPS) is 10.5. The maximum absolute atomic E-state index is 10.7. The molecule has 0 atom stereocenters. The van der Waals surface area contributed by atoms with Crippen LogP contribution < -0.4 is 5.32 Å². The number of nitrogens with one attached hydrogen (secondary N) is 1. The highest BCUT2D eigenvalue weighted by Gasteiger charge is 2.10. The summed E-state index contributed by atoms with van der Waals surface area (Å²) >= 11 is 1.51. The molecule has 0 aliphatic carbocycles. The van der Waals surface area contributed by atoms with Crippen LogP contribution in [-0.2, 0) is 6.54 Å². The lowest BCUT2D eigenvalue weighted by Gasteiger charge is -2.01.